The van der Waals surface area contributed by atoms with Gasteiger partial charge in [-0.2, -0.15) is 0 Å². The first-order valence-electron chi connectivity index (χ1n) is 10.8. The second-order valence-corrected chi connectivity index (χ2v) is 9.15. The molecule has 6 aromatic rings. The predicted octanol–water partition coefficient (Wildman–Crippen LogP) is 0.764. The number of nitrogens with zero attached hydrogens (tertiary/aromatic N) is 4. The quantitative estimate of drug-likeness (QED) is 0.358. The van der Waals surface area contributed by atoms with Crippen LogP contribution < -0.4 is 50.5 Å². The van der Waals surface area contributed by atoms with Gasteiger partial charge in [-0.05, 0) is 55.3 Å². The van der Waals surface area contributed by atoms with Gasteiger partial charge in [-0.1, -0.05) is 23.5 Å². The van der Waals surface area contributed by atoms with Gasteiger partial charge in [-0.3, -0.25) is 9.59 Å². The number of H-pyrrole nitrogens is 1. The van der Waals surface area contributed by atoms with E-state index in [1.165, 1.54) is 22.1 Å². The van der Waals surface area contributed by atoms with Crippen molar-refractivity contribution in [1.82, 2.24) is 24.3 Å². The van der Waals surface area contributed by atoms with Crippen molar-refractivity contribution < 1.29 is 34.3 Å². The number of pyridine rings is 1. The normalized spacial score (nSPS) is 11.4. The largest absolute Gasteiger partial charge is 1.00 e. The van der Waals surface area contributed by atoms with Crippen LogP contribution in [0.5, 0.6) is 5.75 Å². The van der Waals surface area contributed by atoms with E-state index in [0.717, 1.165) is 32.4 Å². The predicted molar refractivity (Wildman–Crippen MR) is 134 cm³/mol. The third-order valence-electron chi connectivity index (χ3n) is 6.21. The van der Waals surface area contributed by atoms with Gasteiger partial charge in [0.25, 0.3) is 0 Å². The number of hydrogen-bond acceptors (Lipinski definition) is 5. The van der Waals surface area contributed by atoms with E-state index in [1.54, 1.807) is 18.6 Å². The van der Waals surface area contributed by atoms with Crippen LogP contribution in [0.25, 0.3) is 37.2 Å². The fourth-order valence-electron chi connectivity index (χ4n) is 4.44. The van der Waals surface area contributed by atoms with Crippen LogP contribution in [0.1, 0.15) is 11.3 Å². The van der Waals surface area contributed by atoms with Crippen molar-refractivity contribution in [3.8, 4) is 10.9 Å². The third-order valence-corrected chi connectivity index (χ3v) is 7.22. The molecular formula is C25H20N5NaO3S. The Balaban J connectivity index is 0.00000253. The maximum atomic E-state index is 13.3. The Morgan fingerprint density at radius 3 is 2.77 bits per heavy atom. The second kappa shape index (κ2) is 9.16. The van der Waals surface area contributed by atoms with Gasteiger partial charge in [0.2, 0.25) is 11.1 Å². The maximum Gasteiger partial charge on any atom is 1.00 e. The summed E-state index contributed by atoms with van der Waals surface area (Å²) in [5.41, 5.74) is 3.45. The first kappa shape index (κ1) is 23.6. The average molecular weight is 494 g/mol. The van der Waals surface area contributed by atoms with Crippen LogP contribution in [0, 0.1) is 6.92 Å². The van der Waals surface area contributed by atoms with Gasteiger partial charge in [0.15, 0.2) is 5.13 Å². The molecule has 0 aliphatic carbocycles. The van der Waals surface area contributed by atoms with Gasteiger partial charge in [-0.15, -0.1) is 5.52 Å². The molecule has 1 N–H and O–H groups in total. The van der Waals surface area contributed by atoms with Crippen LogP contribution >= 0.6 is 11.3 Å². The van der Waals surface area contributed by atoms with E-state index in [-0.39, 0.29) is 40.7 Å². The molecule has 0 radical (unpaired) electrons. The molecule has 8 nitrogen and oxygen atoms in total. The summed E-state index contributed by atoms with van der Waals surface area (Å²) in [5.74, 6) is 0.779. The van der Waals surface area contributed by atoms with Gasteiger partial charge in [-0.25, -0.2) is 4.98 Å². The van der Waals surface area contributed by atoms with Gasteiger partial charge in [0.1, 0.15) is 5.75 Å². The summed E-state index contributed by atoms with van der Waals surface area (Å²) in [6, 6.07) is 15.0. The van der Waals surface area contributed by atoms with Gasteiger partial charge in [0.05, 0.1) is 17.3 Å². The van der Waals surface area contributed by atoms with Crippen LogP contribution in [0.15, 0.2) is 64.3 Å². The summed E-state index contributed by atoms with van der Waals surface area (Å²) < 4.78 is 9.27. The van der Waals surface area contributed by atoms with Gasteiger partial charge < -0.3 is 24.1 Å². The third kappa shape index (κ3) is 3.94. The van der Waals surface area contributed by atoms with E-state index >= 15 is 0 Å². The maximum absolute atomic E-state index is 13.3. The standard InChI is InChI=1S/C25H21N5O3S.Na/c1-14-23-20(28-30(24(23)32)25-27-19-5-3-4-6-21(19)34-25)12-22(31)29(14)10-9-15-13-26-18-8-7-16(33-2)11-17(15)18;/h3-8,11-13,26H,9-10H2,1-2H3,(H,28,31);/q;+1/p-1. The Kier molecular flexibility index (Phi) is 6.18. The topological polar surface area (TPSA) is 96.0 Å². The molecule has 0 saturated carbocycles. The number of aromatic nitrogens is 5. The van der Waals surface area contributed by atoms with E-state index in [2.05, 4.69) is 15.1 Å². The molecule has 35 heavy (non-hydrogen) atoms. The number of ether oxygens (including phenoxy) is 1. The number of fused-ring (bicyclic) bond motifs is 3. The SMILES string of the molecule is COc1ccc2[nH]cc(CCn3c(C)c4c(=O)n(-c5nc6ccccc6s5)[n-]c4cc3=O)c2c1.[Na+]. The first-order chi connectivity index (χ1) is 16.5. The van der Waals surface area contributed by atoms with Crippen LogP contribution in [0.2, 0.25) is 0 Å². The van der Waals surface area contributed by atoms with Crippen molar-refractivity contribution in [2.45, 2.75) is 19.9 Å². The Bertz CT molecular complexity index is 1790. The minimum atomic E-state index is -0.267. The fourth-order valence-corrected chi connectivity index (χ4v) is 5.35. The Morgan fingerprint density at radius 1 is 1.14 bits per heavy atom. The minimum absolute atomic E-state index is 0. The molecule has 0 atom stereocenters. The van der Waals surface area contributed by atoms with Crippen molar-refractivity contribution in [3.63, 3.8) is 0 Å². The Hall–Kier alpha value is -3.11. The zero-order valence-electron chi connectivity index (χ0n) is 19.5. The molecule has 0 spiro atoms. The number of methoxy groups -OCH3 is 1. The second-order valence-electron chi connectivity index (χ2n) is 8.14. The van der Waals surface area contributed by atoms with E-state index in [0.29, 0.717) is 34.7 Å². The molecule has 0 fully saturated rings. The van der Waals surface area contributed by atoms with Crippen molar-refractivity contribution in [2.75, 3.05) is 7.11 Å². The number of benzene rings is 2. The van der Waals surface area contributed by atoms with Crippen molar-refractivity contribution in [2.24, 2.45) is 0 Å². The molecule has 2 aromatic carbocycles. The molecule has 0 amide bonds. The zero-order chi connectivity index (χ0) is 23.4. The van der Waals surface area contributed by atoms with E-state index in [4.69, 9.17) is 4.74 Å². The number of aryl methyl sites for hydroxylation is 2. The molecule has 0 saturated heterocycles. The number of nitrogens with one attached hydrogen (secondary N) is 1. The summed E-state index contributed by atoms with van der Waals surface area (Å²) in [6.45, 7) is 2.24. The van der Waals surface area contributed by atoms with E-state index in [1.807, 2.05) is 48.7 Å². The molecular weight excluding hydrogens is 473 g/mol. The Morgan fingerprint density at radius 2 is 1.97 bits per heavy atom. The van der Waals surface area contributed by atoms with Gasteiger partial charge in [0, 0.05) is 34.7 Å². The molecule has 0 unspecified atom stereocenters. The summed E-state index contributed by atoms with van der Waals surface area (Å²) in [5, 5.41) is 6.42. The monoisotopic (exact) mass is 493 g/mol. The van der Waals surface area contributed by atoms with Crippen molar-refractivity contribution in [3.05, 3.63) is 86.7 Å². The van der Waals surface area contributed by atoms with Crippen molar-refractivity contribution >= 4 is 43.4 Å². The molecule has 0 bridgehead atoms. The summed E-state index contributed by atoms with van der Waals surface area (Å²) >= 11 is 1.40. The van der Waals surface area contributed by atoms with Crippen LogP contribution in [0.3, 0.4) is 0 Å². The molecule has 4 heterocycles. The molecule has 0 aliphatic rings. The molecule has 6 rings (SSSR count). The zero-order valence-corrected chi connectivity index (χ0v) is 22.3. The van der Waals surface area contributed by atoms with E-state index < -0.39 is 0 Å². The minimum Gasteiger partial charge on any atom is -0.585 e. The number of aromatic amines is 1. The van der Waals surface area contributed by atoms with Gasteiger partial charge >= 0.3 is 29.6 Å². The molecule has 4 aromatic heterocycles. The molecule has 170 valence electrons. The summed E-state index contributed by atoms with van der Waals surface area (Å²) in [6.07, 6.45) is 2.58. The number of rotatable bonds is 5. The van der Waals surface area contributed by atoms with Crippen LogP contribution in [0.4, 0.5) is 0 Å². The van der Waals surface area contributed by atoms with Crippen LogP contribution in [-0.2, 0) is 13.0 Å². The fraction of sp³-hybridized carbons (Fsp3) is 0.160. The van der Waals surface area contributed by atoms with Crippen molar-refractivity contribution in [1.29, 1.82) is 0 Å². The smallest absolute Gasteiger partial charge is 0.585 e. The summed E-state index contributed by atoms with van der Waals surface area (Å²) in [4.78, 5) is 34.1. The van der Waals surface area contributed by atoms with E-state index in [9.17, 15) is 9.59 Å². The Labute approximate surface area is 225 Å². The number of thiazole rings is 1. The number of para-hydroxylation sites is 1. The molecule has 0 aliphatic heterocycles. The number of hydrogen-bond donors (Lipinski definition) is 1. The first-order valence-corrected chi connectivity index (χ1v) is 11.7. The molecule has 10 heteroatoms. The summed E-state index contributed by atoms with van der Waals surface area (Å²) in [7, 11) is 1.64. The average Bonchev–Trinajstić information content (AvgIpc) is 3.53. The van der Waals surface area contributed by atoms with Crippen LogP contribution in [-0.4, -0.2) is 26.3 Å².